The van der Waals surface area contributed by atoms with Crippen molar-refractivity contribution in [2.24, 2.45) is 5.92 Å². The van der Waals surface area contributed by atoms with E-state index in [9.17, 15) is 14.7 Å². The normalized spacial score (nSPS) is 16.5. The average molecular weight is 519 g/mol. The fourth-order valence-corrected chi connectivity index (χ4v) is 4.72. The number of phenolic OH excluding ortho intramolecular Hbond substituents is 1. The molecule has 37 heavy (non-hydrogen) atoms. The number of carbonyl (C=O) groups excluding carboxylic acids is 2. The first-order valence-corrected chi connectivity index (χ1v) is 13.3. The van der Waals surface area contributed by atoms with E-state index in [1.165, 1.54) is 58.2 Å². The molecular formula is C29H46N2O6. The molecule has 1 aliphatic carbocycles. The Hall–Kier alpha value is -2.74. The Morgan fingerprint density at radius 3 is 2.22 bits per heavy atom. The number of methoxy groups -OCH3 is 2. The predicted octanol–water partition coefficient (Wildman–Crippen LogP) is 5.73. The van der Waals surface area contributed by atoms with Crippen molar-refractivity contribution >= 4 is 18.1 Å². The van der Waals surface area contributed by atoms with E-state index in [2.05, 4.69) is 30.1 Å². The monoisotopic (exact) mass is 518 g/mol. The van der Waals surface area contributed by atoms with Crippen molar-refractivity contribution < 1.29 is 28.9 Å². The Kier molecular flexibility index (Phi) is 11.3. The molecule has 1 saturated heterocycles. The van der Waals surface area contributed by atoms with Crippen LogP contribution in [-0.4, -0.2) is 78.5 Å². The number of hydrogen-bond donors (Lipinski definition) is 1. The lowest BCUT2D eigenvalue weighted by Crippen LogP contribution is -2.49. The number of rotatable bonds is 7. The van der Waals surface area contributed by atoms with Gasteiger partial charge in [0.25, 0.3) is 0 Å². The van der Waals surface area contributed by atoms with Crippen LogP contribution < -0.4 is 4.74 Å². The fourth-order valence-electron chi connectivity index (χ4n) is 4.72. The summed E-state index contributed by atoms with van der Waals surface area (Å²) >= 11 is 0. The average Bonchev–Trinajstić information content (AvgIpc) is 2.81. The van der Waals surface area contributed by atoms with Crippen LogP contribution in [0, 0.1) is 5.92 Å². The van der Waals surface area contributed by atoms with Crippen molar-refractivity contribution in [2.75, 3.05) is 33.9 Å². The molecule has 1 heterocycles. The summed E-state index contributed by atoms with van der Waals surface area (Å²) < 4.78 is 15.0. The van der Waals surface area contributed by atoms with Gasteiger partial charge < -0.3 is 24.2 Å². The van der Waals surface area contributed by atoms with Gasteiger partial charge in [-0.15, -0.1) is 0 Å². The molecule has 8 heteroatoms. The summed E-state index contributed by atoms with van der Waals surface area (Å²) in [6, 6.07) is 4.27. The number of nitrogens with zero attached hydrogens (tertiary/aromatic N) is 2. The first kappa shape index (κ1) is 30.5. The van der Waals surface area contributed by atoms with Gasteiger partial charge in [0.1, 0.15) is 5.60 Å². The topological polar surface area (TPSA) is 88.5 Å². The summed E-state index contributed by atoms with van der Waals surface area (Å²) in [6.07, 6.45) is 7.63. The van der Waals surface area contributed by atoms with Gasteiger partial charge in [-0.25, -0.2) is 9.59 Å². The van der Waals surface area contributed by atoms with Gasteiger partial charge in [-0.1, -0.05) is 19.1 Å². The number of likely N-dealkylation sites (tertiary alicyclic amines) is 1. The Bertz CT molecular complexity index is 912. The molecule has 8 nitrogen and oxygen atoms in total. The molecule has 1 saturated carbocycles. The van der Waals surface area contributed by atoms with E-state index in [-0.39, 0.29) is 17.6 Å². The van der Waals surface area contributed by atoms with E-state index in [1.807, 2.05) is 25.7 Å². The number of ether oxygens (including phenoxy) is 3. The maximum atomic E-state index is 12.1. The zero-order valence-electron chi connectivity index (χ0n) is 23.7. The van der Waals surface area contributed by atoms with Crippen molar-refractivity contribution in [3.63, 3.8) is 0 Å². The van der Waals surface area contributed by atoms with Crippen LogP contribution in [-0.2, 0) is 9.47 Å². The van der Waals surface area contributed by atoms with E-state index >= 15 is 0 Å². The lowest BCUT2D eigenvalue weighted by Gasteiger charge is -2.43. The van der Waals surface area contributed by atoms with Gasteiger partial charge in [-0.3, -0.25) is 4.90 Å². The molecule has 0 atom stereocenters. The van der Waals surface area contributed by atoms with Crippen LogP contribution in [0.25, 0.3) is 6.08 Å². The molecule has 2 fully saturated rings. The highest BCUT2D eigenvalue weighted by Gasteiger charge is 2.32. The second kappa shape index (κ2) is 13.7. The molecule has 0 aromatic heterocycles. The first-order valence-electron chi connectivity index (χ1n) is 13.3. The molecule has 0 spiro atoms. The maximum Gasteiger partial charge on any atom is 0.410 e. The third kappa shape index (κ3) is 8.66. The molecule has 0 unspecified atom stereocenters. The van der Waals surface area contributed by atoms with Crippen molar-refractivity contribution in [1.29, 1.82) is 0 Å². The fraction of sp³-hybridized carbons (Fsp3) is 0.655. The molecule has 208 valence electrons. The van der Waals surface area contributed by atoms with Crippen molar-refractivity contribution in [1.82, 2.24) is 9.80 Å². The number of esters is 1. The van der Waals surface area contributed by atoms with Gasteiger partial charge in [0.15, 0.2) is 11.5 Å². The second-order valence-corrected chi connectivity index (χ2v) is 11.1. The Labute approximate surface area is 222 Å². The Balaban J connectivity index is 0.000000281. The summed E-state index contributed by atoms with van der Waals surface area (Å²) in [6.45, 7) is 16.9. The van der Waals surface area contributed by atoms with Crippen LogP contribution >= 0.6 is 0 Å². The first-order chi connectivity index (χ1) is 17.4. The van der Waals surface area contributed by atoms with Gasteiger partial charge in [-0.05, 0) is 78.4 Å². The van der Waals surface area contributed by atoms with Crippen LogP contribution in [0.1, 0.15) is 82.6 Å². The minimum absolute atomic E-state index is 0.0416. The molecule has 1 aromatic rings. The lowest BCUT2D eigenvalue weighted by molar-refractivity contribution is 0.0128. The molecule has 0 bridgehead atoms. The molecule has 3 rings (SSSR count). The Morgan fingerprint density at radius 1 is 1.16 bits per heavy atom. The number of piperidine rings is 1. The van der Waals surface area contributed by atoms with E-state index in [0.29, 0.717) is 17.2 Å². The van der Waals surface area contributed by atoms with Gasteiger partial charge in [-0.2, -0.15) is 0 Å². The standard InChI is InChI=1S/C18H34N2O2.C11H12O4/c1-14(2)20(16-7-6-8-16)13-15-9-11-19(12-10-15)17(21)22-18(3,4)5;1-4-7-8(11(13)15-3)5-6-9(12)10(7)14-2/h14-16H,6-13H2,1-5H3;4-6,12H,1H2,2-3H3. The van der Waals surface area contributed by atoms with Crippen LogP contribution in [0.4, 0.5) is 4.79 Å². The van der Waals surface area contributed by atoms with E-state index in [1.54, 1.807) is 0 Å². The number of amides is 1. The van der Waals surface area contributed by atoms with Crippen LogP contribution in [0.3, 0.4) is 0 Å². The third-order valence-electron chi connectivity index (χ3n) is 6.93. The van der Waals surface area contributed by atoms with Crippen LogP contribution in [0.2, 0.25) is 0 Å². The molecule has 1 aromatic carbocycles. The lowest BCUT2D eigenvalue weighted by atomic mass is 9.88. The van der Waals surface area contributed by atoms with E-state index in [0.717, 1.165) is 37.9 Å². The minimum atomic E-state index is -0.497. The smallest absolute Gasteiger partial charge is 0.410 e. The van der Waals surface area contributed by atoms with E-state index in [4.69, 9.17) is 9.47 Å². The molecule has 1 N–H and O–H groups in total. The number of phenols is 1. The molecular weight excluding hydrogens is 472 g/mol. The van der Waals surface area contributed by atoms with E-state index < -0.39 is 11.6 Å². The van der Waals surface area contributed by atoms with Gasteiger partial charge in [0.2, 0.25) is 0 Å². The zero-order valence-corrected chi connectivity index (χ0v) is 23.7. The number of aromatic hydroxyl groups is 1. The maximum absolute atomic E-state index is 12.1. The SMILES string of the molecule is C=Cc1c(C(=O)OC)ccc(O)c1OC.CC(C)N(CC1CCN(C(=O)OC(C)(C)C)CC1)C1CCC1. The summed E-state index contributed by atoms with van der Waals surface area (Å²) in [5.74, 6) is 0.401. The van der Waals surface area contributed by atoms with Crippen molar-refractivity contribution in [3.8, 4) is 11.5 Å². The molecule has 1 aliphatic heterocycles. The van der Waals surface area contributed by atoms with Crippen LogP contribution in [0.15, 0.2) is 18.7 Å². The number of hydrogen-bond acceptors (Lipinski definition) is 7. The highest BCUT2D eigenvalue weighted by Crippen LogP contribution is 2.33. The number of carbonyl (C=O) groups is 2. The highest BCUT2D eigenvalue weighted by atomic mass is 16.6. The molecule has 1 amide bonds. The molecule has 2 aliphatic rings. The summed E-state index contributed by atoms with van der Waals surface area (Å²) in [5.41, 5.74) is 0.332. The largest absolute Gasteiger partial charge is 0.504 e. The zero-order chi connectivity index (χ0) is 27.8. The number of benzene rings is 1. The third-order valence-corrected chi connectivity index (χ3v) is 6.93. The summed E-state index contributed by atoms with van der Waals surface area (Å²) in [5, 5.41) is 9.48. The van der Waals surface area contributed by atoms with Crippen molar-refractivity contribution in [2.45, 2.75) is 84.4 Å². The molecule has 0 radical (unpaired) electrons. The quantitative estimate of drug-likeness (QED) is 0.461. The Morgan fingerprint density at radius 2 is 1.78 bits per heavy atom. The van der Waals surface area contributed by atoms with Gasteiger partial charge in [0.05, 0.1) is 19.8 Å². The second-order valence-electron chi connectivity index (χ2n) is 11.1. The highest BCUT2D eigenvalue weighted by molar-refractivity contribution is 5.95. The van der Waals surface area contributed by atoms with Crippen molar-refractivity contribution in [3.05, 3.63) is 29.8 Å². The summed E-state index contributed by atoms with van der Waals surface area (Å²) in [4.78, 5) is 28.0. The van der Waals surface area contributed by atoms with Gasteiger partial charge >= 0.3 is 12.1 Å². The predicted molar refractivity (Wildman–Crippen MR) is 146 cm³/mol. The van der Waals surface area contributed by atoms with Gasteiger partial charge in [0, 0.05) is 37.3 Å². The van der Waals surface area contributed by atoms with Crippen LogP contribution in [0.5, 0.6) is 11.5 Å². The summed E-state index contributed by atoms with van der Waals surface area (Å²) in [7, 11) is 2.69. The minimum Gasteiger partial charge on any atom is -0.504 e.